The third kappa shape index (κ3) is 4.12. The van der Waals surface area contributed by atoms with Gasteiger partial charge in [0.15, 0.2) is 0 Å². The van der Waals surface area contributed by atoms with E-state index in [2.05, 4.69) is 20.9 Å². The number of hydrogen-bond acceptors (Lipinski definition) is 7. The van der Waals surface area contributed by atoms with Gasteiger partial charge in [0.2, 0.25) is 12.3 Å². The topological polar surface area (TPSA) is 139 Å². The number of nitrogens with zero attached hydrogens (tertiary/aromatic N) is 2. The molecule has 0 saturated carbocycles. The predicted octanol–water partition coefficient (Wildman–Crippen LogP) is 0.407. The molecule has 3 aromatic rings. The first kappa shape index (κ1) is 16.9. The highest BCUT2D eigenvalue weighted by molar-refractivity contribution is 6.35. The van der Waals surface area contributed by atoms with Gasteiger partial charge in [-0.1, -0.05) is 0 Å². The normalized spacial score (nSPS) is 10.2. The molecule has 3 amide bonds. The minimum atomic E-state index is -1.01. The lowest BCUT2D eigenvalue weighted by molar-refractivity contribution is -0.139. The highest BCUT2D eigenvalue weighted by Crippen LogP contribution is 2.16. The van der Waals surface area contributed by atoms with E-state index in [1.165, 1.54) is 24.8 Å². The molecule has 0 radical (unpaired) electrons. The number of rotatable bonds is 4. The van der Waals surface area contributed by atoms with E-state index >= 15 is 0 Å². The molecule has 0 fully saturated rings. The smallest absolute Gasteiger partial charge is 0.327 e. The lowest BCUT2D eigenvalue weighted by atomic mass is 10.1. The Morgan fingerprint density at radius 2 is 1.77 bits per heavy atom. The van der Waals surface area contributed by atoms with Crippen molar-refractivity contribution in [3.05, 3.63) is 60.4 Å². The molecule has 0 bridgehead atoms. The second-order valence-electron chi connectivity index (χ2n) is 4.99. The van der Waals surface area contributed by atoms with Gasteiger partial charge in [-0.05, 0) is 36.4 Å². The molecule has 0 aliphatic rings. The Hall–Kier alpha value is -3.95. The zero-order valence-electron chi connectivity index (χ0n) is 13.3. The molecule has 3 rings (SSSR count). The van der Waals surface area contributed by atoms with Gasteiger partial charge >= 0.3 is 11.8 Å². The lowest BCUT2D eigenvalue weighted by Crippen LogP contribution is -2.48. The van der Waals surface area contributed by atoms with Crippen LogP contribution in [0.5, 0.6) is 0 Å². The van der Waals surface area contributed by atoms with Crippen LogP contribution in [0.25, 0.3) is 11.5 Å². The number of aromatic nitrogens is 2. The summed E-state index contributed by atoms with van der Waals surface area (Å²) in [4.78, 5) is 35.3. The monoisotopic (exact) mass is 355 g/mol. The van der Waals surface area contributed by atoms with Crippen LogP contribution < -0.4 is 16.2 Å². The summed E-state index contributed by atoms with van der Waals surface area (Å²) in [5.41, 5.74) is 5.09. The molecule has 10 heteroatoms. The van der Waals surface area contributed by atoms with Gasteiger partial charge in [0.1, 0.15) is 5.76 Å². The Morgan fingerprint density at radius 1 is 0.962 bits per heavy atom. The fourth-order valence-corrected chi connectivity index (χ4v) is 1.97. The standard InChI is InChI=1S/C16H13N5O5/c22-13(10-3-5-11(6-4-10)16-21-18-9-26-16)19-20-15(24)14(23)17-8-12-2-1-7-25-12/h1-7,9H,8H2,(H,17,23)(H,19,22)(H,20,24). The summed E-state index contributed by atoms with van der Waals surface area (Å²) in [6, 6.07) is 9.56. The fourth-order valence-electron chi connectivity index (χ4n) is 1.97. The first-order valence-electron chi connectivity index (χ1n) is 7.41. The second kappa shape index (κ2) is 7.75. The van der Waals surface area contributed by atoms with Gasteiger partial charge in [0.25, 0.3) is 5.91 Å². The Balaban J connectivity index is 1.48. The number of benzene rings is 1. The third-order valence-electron chi connectivity index (χ3n) is 3.25. The number of hydrazine groups is 1. The van der Waals surface area contributed by atoms with Crippen LogP contribution in [0.2, 0.25) is 0 Å². The maximum Gasteiger partial charge on any atom is 0.327 e. The van der Waals surface area contributed by atoms with Crippen molar-refractivity contribution in [3.63, 3.8) is 0 Å². The molecule has 2 heterocycles. The quantitative estimate of drug-likeness (QED) is 0.455. The molecule has 2 aromatic heterocycles. The van der Waals surface area contributed by atoms with Crippen LogP contribution in [0.1, 0.15) is 16.1 Å². The molecular formula is C16H13N5O5. The molecule has 3 N–H and O–H groups in total. The Morgan fingerprint density at radius 3 is 2.42 bits per heavy atom. The molecule has 1 aromatic carbocycles. The number of carbonyl (C=O) groups excluding carboxylic acids is 3. The van der Waals surface area contributed by atoms with E-state index < -0.39 is 17.7 Å². The van der Waals surface area contributed by atoms with Crippen molar-refractivity contribution in [2.24, 2.45) is 0 Å². The summed E-state index contributed by atoms with van der Waals surface area (Å²) < 4.78 is 10.1. The number of furan rings is 1. The minimum absolute atomic E-state index is 0.0599. The van der Waals surface area contributed by atoms with Crippen LogP contribution in [0.3, 0.4) is 0 Å². The number of nitrogens with one attached hydrogen (secondary N) is 3. The van der Waals surface area contributed by atoms with E-state index in [1.807, 2.05) is 5.43 Å². The largest absolute Gasteiger partial charge is 0.467 e. The molecule has 0 aliphatic carbocycles. The van der Waals surface area contributed by atoms with E-state index in [0.717, 1.165) is 0 Å². The summed E-state index contributed by atoms with van der Waals surface area (Å²) in [5, 5.41) is 9.67. The predicted molar refractivity (Wildman–Crippen MR) is 85.9 cm³/mol. The van der Waals surface area contributed by atoms with Crippen LogP contribution in [-0.4, -0.2) is 27.9 Å². The maximum atomic E-state index is 12.0. The molecule has 10 nitrogen and oxygen atoms in total. The van der Waals surface area contributed by atoms with Crippen LogP contribution >= 0.6 is 0 Å². The van der Waals surface area contributed by atoms with Gasteiger partial charge < -0.3 is 14.2 Å². The van der Waals surface area contributed by atoms with Crippen LogP contribution in [0.4, 0.5) is 0 Å². The maximum absolute atomic E-state index is 12.0. The molecule has 0 aliphatic heterocycles. The molecule has 0 saturated heterocycles. The minimum Gasteiger partial charge on any atom is -0.467 e. The summed E-state index contributed by atoms with van der Waals surface area (Å²) in [5.74, 6) is -1.69. The summed E-state index contributed by atoms with van der Waals surface area (Å²) in [6.45, 7) is 0.0599. The highest BCUT2D eigenvalue weighted by atomic mass is 16.4. The van der Waals surface area contributed by atoms with E-state index in [9.17, 15) is 14.4 Å². The highest BCUT2D eigenvalue weighted by Gasteiger charge is 2.15. The molecule has 0 spiro atoms. The summed E-state index contributed by atoms with van der Waals surface area (Å²) >= 11 is 0. The summed E-state index contributed by atoms with van der Waals surface area (Å²) in [6.07, 6.45) is 2.65. The van der Waals surface area contributed by atoms with E-state index in [-0.39, 0.29) is 12.1 Å². The van der Waals surface area contributed by atoms with Gasteiger partial charge in [0, 0.05) is 11.1 Å². The van der Waals surface area contributed by atoms with Gasteiger partial charge in [-0.3, -0.25) is 25.2 Å². The lowest BCUT2D eigenvalue weighted by Gasteiger charge is -2.07. The van der Waals surface area contributed by atoms with Crippen LogP contribution in [0.15, 0.2) is 57.9 Å². The molecule has 132 valence electrons. The Bertz CT molecular complexity index is 888. The van der Waals surface area contributed by atoms with E-state index in [4.69, 9.17) is 8.83 Å². The SMILES string of the molecule is O=C(NCc1ccco1)C(=O)NNC(=O)c1ccc(-c2nnco2)cc1. The number of carbonyl (C=O) groups is 3. The number of amides is 3. The molecule has 0 unspecified atom stereocenters. The Labute approximate surface area is 146 Å². The van der Waals surface area contributed by atoms with Crippen LogP contribution in [0, 0.1) is 0 Å². The molecular weight excluding hydrogens is 342 g/mol. The van der Waals surface area contributed by atoms with Gasteiger partial charge in [-0.2, -0.15) is 0 Å². The van der Waals surface area contributed by atoms with Gasteiger partial charge in [0.05, 0.1) is 12.8 Å². The zero-order valence-corrected chi connectivity index (χ0v) is 13.3. The zero-order chi connectivity index (χ0) is 18.4. The van der Waals surface area contributed by atoms with Gasteiger partial charge in [-0.25, -0.2) is 0 Å². The number of hydrogen-bond donors (Lipinski definition) is 3. The fraction of sp³-hybridized carbons (Fsp3) is 0.0625. The first-order valence-corrected chi connectivity index (χ1v) is 7.41. The van der Waals surface area contributed by atoms with Crippen molar-refractivity contribution < 1.29 is 23.2 Å². The van der Waals surface area contributed by atoms with Crippen molar-refractivity contribution >= 4 is 17.7 Å². The van der Waals surface area contributed by atoms with E-state index in [1.54, 1.807) is 24.3 Å². The summed E-state index contributed by atoms with van der Waals surface area (Å²) in [7, 11) is 0. The average molecular weight is 355 g/mol. The van der Waals surface area contributed by atoms with Crippen molar-refractivity contribution in [2.45, 2.75) is 6.54 Å². The molecule has 26 heavy (non-hydrogen) atoms. The first-order chi connectivity index (χ1) is 12.6. The van der Waals surface area contributed by atoms with E-state index in [0.29, 0.717) is 17.2 Å². The Kier molecular flexibility index (Phi) is 5.03. The molecule has 0 atom stereocenters. The third-order valence-corrected chi connectivity index (χ3v) is 3.25. The average Bonchev–Trinajstić information content (AvgIpc) is 3.37. The van der Waals surface area contributed by atoms with Crippen molar-refractivity contribution in [3.8, 4) is 11.5 Å². The van der Waals surface area contributed by atoms with Crippen LogP contribution in [-0.2, 0) is 16.1 Å². The second-order valence-corrected chi connectivity index (χ2v) is 4.99. The van der Waals surface area contributed by atoms with Crippen molar-refractivity contribution in [1.29, 1.82) is 0 Å². The van der Waals surface area contributed by atoms with Gasteiger partial charge in [-0.15, -0.1) is 10.2 Å². The van der Waals surface area contributed by atoms with Crippen molar-refractivity contribution in [2.75, 3.05) is 0 Å². The van der Waals surface area contributed by atoms with Crippen molar-refractivity contribution in [1.82, 2.24) is 26.4 Å².